The van der Waals surface area contributed by atoms with Crippen LogP contribution in [0.25, 0.3) is 17.1 Å². The predicted molar refractivity (Wildman–Crippen MR) is 78.4 cm³/mol. The molecule has 5 nitrogen and oxygen atoms in total. The second-order valence-electron chi connectivity index (χ2n) is 4.69. The van der Waals surface area contributed by atoms with Gasteiger partial charge in [-0.3, -0.25) is 0 Å². The van der Waals surface area contributed by atoms with E-state index in [0.717, 1.165) is 0 Å². The molecular weight excluding hydrogens is 285 g/mol. The van der Waals surface area contributed by atoms with Crippen molar-refractivity contribution in [3.05, 3.63) is 65.7 Å². The predicted octanol–water partition coefficient (Wildman–Crippen LogP) is 3.08. The van der Waals surface area contributed by atoms with Gasteiger partial charge in [-0.2, -0.15) is 5.10 Å². The molecule has 0 radical (unpaired) electrons. The summed E-state index contributed by atoms with van der Waals surface area (Å²) < 4.78 is 15.5. The molecule has 0 aliphatic rings. The van der Waals surface area contributed by atoms with Gasteiger partial charge in [-0.25, -0.2) is 18.9 Å². The van der Waals surface area contributed by atoms with Gasteiger partial charge in [-0.15, -0.1) is 0 Å². The summed E-state index contributed by atoms with van der Waals surface area (Å²) in [7, 11) is 0. The zero-order valence-electron chi connectivity index (χ0n) is 11.7. The topological polar surface area (TPSA) is 68.0 Å². The van der Waals surface area contributed by atoms with Crippen molar-refractivity contribution in [1.29, 1.82) is 0 Å². The van der Waals surface area contributed by atoms with Gasteiger partial charge >= 0.3 is 5.97 Å². The Morgan fingerprint density at radius 2 is 1.91 bits per heavy atom. The van der Waals surface area contributed by atoms with E-state index in [1.165, 1.54) is 16.8 Å². The minimum Gasteiger partial charge on any atom is -0.478 e. The maximum absolute atomic E-state index is 14.2. The molecule has 0 bridgehead atoms. The molecule has 0 saturated heterocycles. The van der Waals surface area contributed by atoms with E-state index in [4.69, 9.17) is 0 Å². The van der Waals surface area contributed by atoms with Crippen molar-refractivity contribution in [3.63, 3.8) is 0 Å². The van der Waals surface area contributed by atoms with Gasteiger partial charge in [0.05, 0.1) is 11.4 Å². The summed E-state index contributed by atoms with van der Waals surface area (Å²) in [6.07, 6.45) is 1.57. The number of carboxylic acids is 1. The van der Waals surface area contributed by atoms with Crippen LogP contribution in [0.4, 0.5) is 4.39 Å². The lowest BCUT2D eigenvalue weighted by Gasteiger charge is -2.08. The number of nitrogens with zero attached hydrogens (tertiary/aromatic N) is 3. The van der Waals surface area contributed by atoms with Crippen LogP contribution in [0.15, 0.2) is 48.7 Å². The molecule has 0 atom stereocenters. The first-order chi connectivity index (χ1) is 10.6. The lowest BCUT2D eigenvalue weighted by atomic mass is 10.1. The molecule has 0 unspecified atom stereocenters. The summed E-state index contributed by atoms with van der Waals surface area (Å²) in [5.41, 5.74) is 0.625. The van der Waals surface area contributed by atoms with Crippen molar-refractivity contribution in [2.75, 3.05) is 0 Å². The molecule has 2 aromatic heterocycles. The number of benzene rings is 1. The number of rotatable bonds is 3. The van der Waals surface area contributed by atoms with E-state index in [9.17, 15) is 14.3 Å². The Hall–Kier alpha value is -3.02. The third-order valence-electron chi connectivity index (χ3n) is 3.27. The first kappa shape index (κ1) is 13.9. The zero-order valence-corrected chi connectivity index (χ0v) is 11.7. The summed E-state index contributed by atoms with van der Waals surface area (Å²) in [6, 6.07) is 11.2. The van der Waals surface area contributed by atoms with Crippen LogP contribution in [0.3, 0.4) is 0 Å². The Morgan fingerprint density at radius 1 is 1.18 bits per heavy atom. The first-order valence-corrected chi connectivity index (χ1v) is 6.59. The number of hydrogen-bond acceptors (Lipinski definition) is 3. The number of carbonyl (C=O) groups is 1. The third-order valence-corrected chi connectivity index (χ3v) is 3.27. The summed E-state index contributed by atoms with van der Waals surface area (Å²) in [6.45, 7) is 1.58. The molecule has 6 heteroatoms. The van der Waals surface area contributed by atoms with Crippen molar-refractivity contribution in [2.45, 2.75) is 6.92 Å². The monoisotopic (exact) mass is 297 g/mol. The number of pyridine rings is 1. The van der Waals surface area contributed by atoms with Crippen LogP contribution in [0, 0.1) is 12.7 Å². The number of carboxylic acid groups (broad SMARTS) is 1. The minimum absolute atomic E-state index is 0.0317. The van der Waals surface area contributed by atoms with Crippen LogP contribution in [0.5, 0.6) is 0 Å². The molecule has 0 saturated carbocycles. The Morgan fingerprint density at radius 3 is 2.55 bits per heavy atom. The minimum atomic E-state index is -1.15. The first-order valence-electron chi connectivity index (χ1n) is 6.59. The van der Waals surface area contributed by atoms with Gasteiger partial charge in [0.15, 0.2) is 5.82 Å². The van der Waals surface area contributed by atoms with Gasteiger partial charge in [0.25, 0.3) is 0 Å². The van der Waals surface area contributed by atoms with E-state index in [0.29, 0.717) is 11.5 Å². The van der Waals surface area contributed by atoms with E-state index in [1.54, 1.807) is 43.5 Å². The molecule has 0 spiro atoms. The molecule has 0 fully saturated rings. The van der Waals surface area contributed by atoms with Crippen LogP contribution >= 0.6 is 0 Å². The normalized spacial score (nSPS) is 10.6. The van der Waals surface area contributed by atoms with Crippen LogP contribution < -0.4 is 0 Å². The van der Waals surface area contributed by atoms with Crippen molar-refractivity contribution >= 4 is 5.97 Å². The van der Waals surface area contributed by atoms with Crippen LogP contribution in [-0.2, 0) is 0 Å². The van der Waals surface area contributed by atoms with Crippen molar-refractivity contribution in [2.24, 2.45) is 0 Å². The molecule has 22 heavy (non-hydrogen) atoms. The largest absolute Gasteiger partial charge is 0.478 e. The molecular formula is C16H12FN3O2. The second kappa shape index (κ2) is 5.40. The van der Waals surface area contributed by atoms with E-state index >= 15 is 0 Å². The molecule has 2 heterocycles. The van der Waals surface area contributed by atoms with Crippen LogP contribution in [0.1, 0.15) is 16.1 Å². The highest BCUT2D eigenvalue weighted by molar-refractivity contribution is 5.96. The quantitative estimate of drug-likeness (QED) is 0.806. The molecule has 0 aliphatic heterocycles. The summed E-state index contributed by atoms with van der Waals surface area (Å²) in [5.74, 6) is -1.24. The molecule has 0 amide bonds. The second-order valence-corrected chi connectivity index (χ2v) is 4.69. The Labute approximate surface area is 125 Å². The number of hydrogen-bond donors (Lipinski definition) is 1. The summed E-state index contributed by atoms with van der Waals surface area (Å²) in [5, 5.41) is 13.7. The third kappa shape index (κ3) is 2.24. The number of halogens is 1. The summed E-state index contributed by atoms with van der Waals surface area (Å²) in [4.78, 5) is 15.7. The molecule has 0 aliphatic carbocycles. The number of aromatic carboxylic acids is 1. The molecule has 110 valence electrons. The van der Waals surface area contributed by atoms with Crippen molar-refractivity contribution in [3.8, 4) is 17.1 Å². The van der Waals surface area contributed by atoms with E-state index in [-0.39, 0.29) is 16.8 Å². The Balaban J connectivity index is 2.36. The maximum Gasteiger partial charge on any atom is 0.339 e. The molecule has 3 rings (SSSR count). The Kier molecular flexibility index (Phi) is 3.42. The fourth-order valence-electron chi connectivity index (χ4n) is 2.33. The van der Waals surface area contributed by atoms with E-state index in [1.807, 2.05) is 0 Å². The smallest absolute Gasteiger partial charge is 0.339 e. The lowest BCUT2D eigenvalue weighted by Crippen LogP contribution is -2.05. The molecule has 1 N–H and O–H groups in total. The van der Waals surface area contributed by atoms with Crippen LogP contribution in [0.2, 0.25) is 0 Å². The van der Waals surface area contributed by atoms with Gasteiger partial charge in [0.1, 0.15) is 11.4 Å². The zero-order chi connectivity index (χ0) is 15.7. The lowest BCUT2D eigenvalue weighted by molar-refractivity contribution is 0.0697. The SMILES string of the molecule is Cc1nn(-c2ccccn2)c(-c2ccccc2F)c1C(=O)O. The Bertz CT molecular complexity index is 844. The standard InChI is InChI=1S/C16H12FN3O2/c1-10-14(16(21)22)15(11-6-2-3-7-12(11)17)20(19-10)13-8-4-5-9-18-13/h2-9H,1H3,(H,21,22). The van der Waals surface area contributed by atoms with Crippen molar-refractivity contribution < 1.29 is 14.3 Å². The average molecular weight is 297 g/mol. The van der Waals surface area contributed by atoms with Crippen molar-refractivity contribution in [1.82, 2.24) is 14.8 Å². The average Bonchev–Trinajstić information content (AvgIpc) is 2.86. The van der Waals surface area contributed by atoms with E-state index < -0.39 is 11.8 Å². The fourth-order valence-corrected chi connectivity index (χ4v) is 2.33. The number of aromatic nitrogens is 3. The highest BCUT2D eigenvalue weighted by Crippen LogP contribution is 2.30. The summed E-state index contributed by atoms with van der Waals surface area (Å²) >= 11 is 0. The van der Waals surface area contributed by atoms with Gasteiger partial charge in [0.2, 0.25) is 0 Å². The highest BCUT2D eigenvalue weighted by Gasteiger charge is 2.25. The molecule has 3 aromatic rings. The van der Waals surface area contributed by atoms with Gasteiger partial charge in [-0.05, 0) is 31.2 Å². The highest BCUT2D eigenvalue weighted by atomic mass is 19.1. The van der Waals surface area contributed by atoms with Crippen LogP contribution in [-0.4, -0.2) is 25.8 Å². The maximum atomic E-state index is 14.2. The van der Waals surface area contributed by atoms with E-state index in [2.05, 4.69) is 10.1 Å². The molecule has 1 aromatic carbocycles. The number of aryl methyl sites for hydroxylation is 1. The van der Waals surface area contributed by atoms with Gasteiger partial charge < -0.3 is 5.11 Å². The van der Waals surface area contributed by atoms with Gasteiger partial charge in [0, 0.05) is 11.8 Å². The van der Waals surface area contributed by atoms with Gasteiger partial charge in [-0.1, -0.05) is 18.2 Å². The fraction of sp³-hybridized carbons (Fsp3) is 0.0625.